The average molecular weight is 476 g/mol. The van der Waals surface area contributed by atoms with Gasteiger partial charge in [-0.2, -0.15) is 18.3 Å². The normalized spacial score (nSPS) is 12.3. The summed E-state index contributed by atoms with van der Waals surface area (Å²) < 4.78 is 43.4. The Morgan fingerprint density at radius 2 is 1.73 bits per heavy atom. The van der Waals surface area contributed by atoms with Crippen LogP contribution in [0.25, 0.3) is 33.8 Å². The third-order valence-electron chi connectivity index (χ3n) is 5.15. The van der Waals surface area contributed by atoms with Gasteiger partial charge in [0.25, 0.3) is 0 Å². The number of nitrogens with one attached hydrogen (secondary N) is 1. The van der Waals surface area contributed by atoms with Gasteiger partial charge in [0.05, 0.1) is 23.1 Å². The van der Waals surface area contributed by atoms with Gasteiger partial charge in [-0.15, -0.1) is 0 Å². The molecule has 4 rings (SSSR count). The first-order valence-corrected chi connectivity index (χ1v) is 10.5. The maximum absolute atomic E-state index is 14.2. The number of nitrogens with zero attached hydrogens (tertiary/aromatic N) is 4. The minimum Gasteiger partial charge on any atom is -0.390 e. The van der Waals surface area contributed by atoms with Gasteiger partial charge >= 0.3 is 6.18 Å². The van der Waals surface area contributed by atoms with Crippen LogP contribution in [0.4, 0.5) is 13.2 Å². The minimum atomic E-state index is -4.68. The Morgan fingerprint density at radius 3 is 2.36 bits per heavy atom. The van der Waals surface area contributed by atoms with Gasteiger partial charge in [-0.1, -0.05) is 29.8 Å². The fourth-order valence-corrected chi connectivity index (χ4v) is 3.84. The van der Waals surface area contributed by atoms with E-state index in [1.54, 1.807) is 36.5 Å². The molecule has 1 aromatic carbocycles. The quantitative estimate of drug-likeness (QED) is 0.367. The van der Waals surface area contributed by atoms with E-state index < -0.39 is 17.5 Å². The highest BCUT2D eigenvalue weighted by Gasteiger charge is 2.40. The van der Waals surface area contributed by atoms with Crippen molar-refractivity contribution in [2.45, 2.75) is 38.6 Å². The summed E-state index contributed by atoms with van der Waals surface area (Å²) >= 11 is 6.39. The van der Waals surface area contributed by atoms with Gasteiger partial charge in [0.15, 0.2) is 11.5 Å². The van der Waals surface area contributed by atoms with Crippen LogP contribution in [0, 0.1) is 0 Å². The molecule has 0 aliphatic heterocycles. The van der Waals surface area contributed by atoms with Gasteiger partial charge in [-0.05, 0) is 32.4 Å². The number of hydrogen-bond acceptors (Lipinski definition) is 4. The van der Waals surface area contributed by atoms with Crippen molar-refractivity contribution in [3.63, 3.8) is 0 Å². The van der Waals surface area contributed by atoms with E-state index in [9.17, 15) is 18.3 Å². The summed E-state index contributed by atoms with van der Waals surface area (Å²) in [6.45, 7) is 2.97. The molecule has 0 saturated carbocycles. The van der Waals surface area contributed by atoms with Crippen molar-refractivity contribution in [2.75, 3.05) is 0 Å². The average Bonchev–Trinajstić information content (AvgIpc) is 3.37. The maximum Gasteiger partial charge on any atom is 0.433 e. The molecule has 2 N–H and O–H groups in total. The SMILES string of the molecule is CC(C)(O)CCn1ncc(-c2[nH]cc(-c3ccccc3Cl)c2-c2ncccn2)c1C(F)(F)F. The zero-order valence-corrected chi connectivity index (χ0v) is 18.6. The first-order chi connectivity index (χ1) is 15.6. The molecular weight excluding hydrogens is 455 g/mol. The van der Waals surface area contributed by atoms with Gasteiger partial charge in [-0.3, -0.25) is 4.68 Å². The van der Waals surface area contributed by atoms with Crippen molar-refractivity contribution in [3.05, 3.63) is 65.8 Å². The fraction of sp³-hybridized carbons (Fsp3) is 0.261. The molecule has 33 heavy (non-hydrogen) atoms. The topological polar surface area (TPSA) is 79.6 Å². The highest BCUT2D eigenvalue weighted by molar-refractivity contribution is 6.33. The van der Waals surface area contributed by atoms with Crippen LogP contribution in [0.3, 0.4) is 0 Å². The van der Waals surface area contributed by atoms with Crippen molar-refractivity contribution < 1.29 is 18.3 Å². The second-order valence-corrected chi connectivity index (χ2v) is 8.60. The zero-order valence-electron chi connectivity index (χ0n) is 17.9. The molecule has 3 aromatic heterocycles. The molecule has 0 aliphatic rings. The predicted octanol–water partition coefficient (Wildman–Crippen LogP) is 5.84. The third kappa shape index (κ3) is 4.79. The highest BCUT2D eigenvalue weighted by Crippen LogP contribution is 2.44. The summed E-state index contributed by atoms with van der Waals surface area (Å²) in [6.07, 6.45) is 1.22. The molecular formula is C23H21ClF3N5O. The summed E-state index contributed by atoms with van der Waals surface area (Å²) in [5, 5.41) is 14.4. The smallest absolute Gasteiger partial charge is 0.390 e. The largest absolute Gasteiger partial charge is 0.433 e. The van der Waals surface area contributed by atoms with E-state index in [0.717, 1.165) is 4.68 Å². The van der Waals surface area contributed by atoms with Gasteiger partial charge in [0, 0.05) is 46.8 Å². The second-order valence-electron chi connectivity index (χ2n) is 8.19. The molecule has 4 aromatic rings. The number of aromatic amines is 1. The third-order valence-corrected chi connectivity index (χ3v) is 5.48. The van der Waals surface area contributed by atoms with Gasteiger partial charge in [-0.25, -0.2) is 9.97 Å². The standard InChI is InChI=1S/C23H21ClF3N5O/c1-22(2,33)8-11-32-20(23(25,26)27)16(13-31-32)19-18(21-28-9-5-10-29-21)15(12-30-19)14-6-3-4-7-17(14)24/h3-7,9-10,12-13,30,33H,8,11H2,1-2H3. The van der Waals surface area contributed by atoms with Crippen LogP contribution in [0.1, 0.15) is 26.0 Å². The Hall–Kier alpha value is -3.17. The fourth-order valence-electron chi connectivity index (χ4n) is 3.60. The Morgan fingerprint density at radius 1 is 1.03 bits per heavy atom. The van der Waals surface area contributed by atoms with Crippen LogP contribution in [-0.2, 0) is 12.7 Å². The molecule has 3 heterocycles. The van der Waals surface area contributed by atoms with Crippen LogP contribution < -0.4 is 0 Å². The summed E-state index contributed by atoms with van der Waals surface area (Å²) in [4.78, 5) is 11.5. The lowest BCUT2D eigenvalue weighted by molar-refractivity contribution is -0.144. The molecule has 0 amide bonds. The monoisotopic (exact) mass is 475 g/mol. The number of hydrogen-bond donors (Lipinski definition) is 2. The number of aryl methyl sites for hydroxylation is 1. The molecule has 0 spiro atoms. The molecule has 6 nitrogen and oxygen atoms in total. The first kappa shape index (κ1) is 23.0. The number of rotatable bonds is 6. The lowest BCUT2D eigenvalue weighted by Crippen LogP contribution is -2.24. The minimum absolute atomic E-state index is 0.0987. The van der Waals surface area contributed by atoms with Crippen molar-refractivity contribution in [3.8, 4) is 33.8 Å². The van der Waals surface area contributed by atoms with E-state index >= 15 is 0 Å². The van der Waals surface area contributed by atoms with Crippen LogP contribution in [0.5, 0.6) is 0 Å². The molecule has 0 unspecified atom stereocenters. The summed E-state index contributed by atoms with van der Waals surface area (Å²) in [6, 6.07) is 8.67. The molecule has 0 bridgehead atoms. The lowest BCUT2D eigenvalue weighted by Gasteiger charge is -2.19. The molecule has 10 heteroatoms. The number of halogens is 4. The molecule has 0 atom stereocenters. The van der Waals surface area contributed by atoms with Gasteiger partial charge in [0.1, 0.15) is 0 Å². The Labute approximate surface area is 193 Å². The van der Waals surface area contributed by atoms with Crippen molar-refractivity contribution in [1.82, 2.24) is 24.7 Å². The van der Waals surface area contributed by atoms with Crippen LogP contribution in [0.15, 0.2) is 55.1 Å². The Kier molecular flexibility index (Phi) is 6.02. The number of H-pyrrole nitrogens is 1. The molecule has 0 saturated heterocycles. The van der Waals surface area contributed by atoms with Crippen LogP contribution >= 0.6 is 11.6 Å². The number of aromatic nitrogens is 5. The zero-order chi connectivity index (χ0) is 23.8. The molecule has 0 radical (unpaired) electrons. The molecule has 172 valence electrons. The van der Waals surface area contributed by atoms with Gasteiger partial charge < -0.3 is 10.1 Å². The van der Waals surface area contributed by atoms with E-state index in [1.165, 1.54) is 32.4 Å². The van der Waals surface area contributed by atoms with Gasteiger partial charge in [0.2, 0.25) is 0 Å². The van der Waals surface area contributed by atoms with Crippen molar-refractivity contribution >= 4 is 11.6 Å². The van der Waals surface area contributed by atoms with Crippen molar-refractivity contribution in [1.29, 1.82) is 0 Å². The van der Waals surface area contributed by atoms with Crippen molar-refractivity contribution in [2.24, 2.45) is 0 Å². The lowest BCUT2D eigenvalue weighted by atomic mass is 9.99. The van der Waals surface area contributed by atoms with E-state index in [1.807, 2.05) is 0 Å². The van der Waals surface area contributed by atoms with Crippen LogP contribution in [-0.4, -0.2) is 35.4 Å². The second kappa shape index (κ2) is 8.64. The predicted molar refractivity (Wildman–Crippen MR) is 119 cm³/mol. The maximum atomic E-state index is 14.2. The summed E-state index contributed by atoms with van der Waals surface area (Å²) in [5.41, 5.74) is -0.433. The Balaban J connectivity index is 1.94. The number of alkyl halides is 3. The first-order valence-electron chi connectivity index (χ1n) is 10.2. The summed E-state index contributed by atoms with van der Waals surface area (Å²) in [7, 11) is 0. The van der Waals surface area contributed by atoms with E-state index in [0.29, 0.717) is 21.7 Å². The molecule has 0 fully saturated rings. The number of aliphatic hydroxyl groups is 1. The number of benzene rings is 1. The highest BCUT2D eigenvalue weighted by atomic mass is 35.5. The molecule has 0 aliphatic carbocycles. The van der Waals surface area contributed by atoms with E-state index in [4.69, 9.17) is 11.6 Å². The van der Waals surface area contributed by atoms with E-state index in [-0.39, 0.29) is 30.0 Å². The summed E-state index contributed by atoms with van der Waals surface area (Å²) in [5.74, 6) is 0.251. The van der Waals surface area contributed by atoms with Crippen LogP contribution in [0.2, 0.25) is 5.02 Å². The van der Waals surface area contributed by atoms with E-state index in [2.05, 4.69) is 20.1 Å². The Bertz CT molecular complexity index is 1260.